The Hall–Kier alpha value is -2.89. The summed E-state index contributed by atoms with van der Waals surface area (Å²) in [5.74, 6) is 0.110. The van der Waals surface area contributed by atoms with Crippen molar-refractivity contribution < 1.29 is 17.9 Å². The number of nitriles is 1. The van der Waals surface area contributed by atoms with Crippen LogP contribution >= 0.6 is 0 Å². The maximum absolute atomic E-state index is 12.9. The number of sulfonamides is 1. The molecule has 8 heteroatoms. The normalized spacial score (nSPS) is 17.3. The molecule has 2 aromatic carbocycles. The molecule has 1 unspecified atom stereocenters. The Balaban J connectivity index is 1.71. The van der Waals surface area contributed by atoms with E-state index in [1.807, 2.05) is 13.0 Å². The van der Waals surface area contributed by atoms with Gasteiger partial charge in [0.05, 0.1) is 4.90 Å². The van der Waals surface area contributed by atoms with Gasteiger partial charge >= 0.3 is 0 Å². The van der Waals surface area contributed by atoms with Gasteiger partial charge in [-0.05, 0) is 56.2 Å². The van der Waals surface area contributed by atoms with Crippen molar-refractivity contribution in [1.29, 1.82) is 5.26 Å². The van der Waals surface area contributed by atoms with E-state index in [2.05, 4.69) is 5.32 Å². The van der Waals surface area contributed by atoms with Crippen LogP contribution in [0.5, 0.6) is 5.75 Å². The van der Waals surface area contributed by atoms with Gasteiger partial charge in [-0.25, -0.2) is 8.42 Å². The maximum Gasteiger partial charge on any atom is 0.255 e. The number of benzene rings is 2. The minimum Gasteiger partial charge on any atom is -0.479 e. The highest BCUT2D eigenvalue weighted by molar-refractivity contribution is 7.89. The summed E-state index contributed by atoms with van der Waals surface area (Å²) in [6.45, 7) is 2.37. The van der Waals surface area contributed by atoms with Crippen molar-refractivity contribution in [3.8, 4) is 11.8 Å². The Morgan fingerprint density at radius 3 is 2.69 bits per heavy atom. The molecule has 152 valence electrons. The van der Waals surface area contributed by atoms with Crippen molar-refractivity contribution in [2.75, 3.05) is 18.5 Å². The second-order valence-corrected chi connectivity index (χ2v) is 8.80. The fourth-order valence-electron chi connectivity index (χ4n) is 3.33. The van der Waals surface area contributed by atoms with Crippen LogP contribution in [0.3, 0.4) is 0 Å². The van der Waals surface area contributed by atoms with Crippen LogP contribution in [-0.2, 0) is 10.0 Å². The molecule has 2 aromatic rings. The number of rotatable bonds is 6. The number of piperidine rings is 1. The molecule has 7 nitrogen and oxygen atoms in total. The van der Waals surface area contributed by atoms with Gasteiger partial charge in [0.15, 0.2) is 6.61 Å². The number of hydrogen-bond donors (Lipinski definition) is 1. The fourth-order valence-corrected chi connectivity index (χ4v) is 5.02. The zero-order valence-corrected chi connectivity index (χ0v) is 17.0. The van der Waals surface area contributed by atoms with Gasteiger partial charge in [-0.1, -0.05) is 12.5 Å². The molecular formula is C21H23N3O4S. The van der Waals surface area contributed by atoms with Crippen LogP contribution in [0.15, 0.2) is 53.4 Å². The van der Waals surface area contributed by atoms with Gasteiger partial charge < -0.3 is 10.1 Å². The fraction of sp³-hybridized carbons (Fsp3) is 0.333. The molecule has 1 amide bonds. The van der Waals surface area contributed by atoms with E-state index >= 15 is 0 Å². The van der Waals surface area contributed by atoms with Gasteiger partial charge in [0.2, 0.25) is 10.0 Å². The van der Waals surface area contributed by atoms with Crippen LogP contribution in [0, 0.1) is 11.3 Å². The molecule has 1 saturated heterocycles. The minimum absolute atomic E-state index is 0.0211. The predicted octanol–water partition coefficient (Wildman–Crippen LogP) is 3.40. The number of carbonyl (C=O) groups is 1. The minimum atomic E-state index is -3.57. The third-order valence-corrected chi connectivity index (χ3v) is 6.89. The van der Waals surface area contributed by atoms with Crippen LogP contribution in [0.1, 0.15) is 36.5 Å². The Bertz CT molecular complexity index is 1010. The molecule has 29 heavy (non-hydrogen) atoms. The number of amides is 1. The Kier molecular flexibility index (Phi) is 6.52. The molecule has 1 N–H and O–H groups in total. The average Bonchev–Trinajstić information content (AvgIpc) is 2.73. The van der Waals surface area contributed by atoms with Crippen molar-refractivity contribution in [3.05, 3.63) is 54.1 Å². The summed E-state index contributed by atoms with van der Waals surface area (Å²) in [6, 6.07) is 14.5. The summed E-state index contributed by atoms with van der Waals surface area (Å²) in [5, 5.41) is 11.3. The summed E-state index contributed by atoms with van der Waals surface area (Å²) in [6.07, 6.45) is 2.76. The lowest BCUT2D eigenvalue weighted by Gasteiger charge is -2.32. The molecule has 1 aliphatic heterocycles. The second-order valence-electron chi connectivity index (χ2n) is 6.91. The topological polar surface area (TPSA) is 99.5 Å². The lowest BCUT2D eigenvalue weighted by molar-refractivity contribution is 0.102. The summed E-state index contributed by atoms with van der Waals surface area (Å²) < 4.78 is 32.5. The Labute approximate surface area is 171 Å². The van der Waals surface area contributed by atoms with Crippen molar-refractivity contribution in [2.45, 2.75) is 37.1 Å². The number of nitrogens with zero attached hydrogens (tertiary/aromatic N) is 2. The zero-order chi connectivity index (χ0) is 20.9. The van der Waals surface area contributed by atoms with Crippen molar-refractivity contribution >= 4 is 21.6 Å². The maximum atomic E-state index is 12.9. The first-order chi connectivity index (χ1) is 13.9. The molecule has 3 rings (SSSR count). The van der Waals surface area contributed by atoms with Crippen molar-refractivity contribution in [2.24, 2.45) is 0 Å². The summed E-state index contributed by atoms with van der Waals surface area (Å²) in [4.78, 5) is 12.7. The number of nitrogens with one attached hydrogen (secondary N) is 1. The van der Waals surface area contributed by atoms with Gasteiger partial charge in [-0.2, -0.15) is 9.57 Å². The number of ether oxygens (including phenoxy) is 1. The van der Waals surface area contributed by atoms with Crippen LogP contribution in [0.2, 0.25) is 0 Å². The van der Waals surface area contributed by atoms with E-state index in [0.29, 0.717) is 23.5 Å². The number of anilines is 1. The summed E-state index contributed by atoms with van der Waals surface area (Å²) >= 11 is 0. The van der Waals surface area contributed by atoms with E-state index in [1.54, 1.807) is 24.3 Å². The highest BCUT2D eigenvalue weighted by atomic mass is 32.2. The molecule has 1 heterocycles. The second kappa shape index (κ2) is 9.07. The van der Waals surface area contributed by atoms with E-state index < -0.39 is 10.0 Å². The Morgan fingerprint density at radius 1 is 1.24 bits per heavy atom. The lowest BCUT2D eigenvalue weighted by atomic mass is 10.1. The van der Waals surface area contributed by atoms with Crippen molar-refractivity contribution in [3.63, 3.8) is 0 Å². The molecular weight excluding hydrogens is 390 g/mol. The van der Waals surface area contributed by atoms with Crippen LogP contribution < -0.4 is 10.1 Å². The average molecular weight is 413 g/mol. The molecule has 0 saturated carbocycles. The van der Waals surface area contributed by atoms with Crippen molar-refractivity contribution in [1.82, 2.24) is 4.31 Å². The smallest absolute Gasteiger partial charge is 0.255 e. The standard InChI is InChI=1S/C21H23N3O4S/c1-16-5-2-3-13-24(16)29(26,27)20-10-8-17(9-11-20)21(25)23-18-6-4-7-19(15-18)28-14-12-22/h4,6-11,15-16H,2-3,5,13-14H2,1H3,(H,23,25). The van der Waals surface area contributed by atoms with Gasteiger partial charge in [0.25, 0.3) is 5.91 Å². The quantitative estimate of drug-likeness (QED) is 0.782. The van der Waals surface area contributed by atoms with E-state index in [0.717, 1.165) is 19.3 Å². The molecule has 1 atom stereocenters. The van der Waals surface area contributed by atoms with Crippen LogP contribution in [0.25, 0.3) is 0 Å². The van der Waals surface area contributed by atoms with E-state index in [4.69, 9.17) is 10.00 Å². The van der Waals surface area contributed by atoms with E-state index in [-0.39, 0.29) is 23.5 Å². The van der Waals surface area contributed by atoms with Gasteiger partial charge in [0, 0.05) is 29.9 Å². The molecule has 0 bridgehead atoms. The van der Waals surface area contributed by atoms with Crippen LogP contribution in [0.4, 0.5) is 5.69 Å². The predicted molar refractivity (Wildman–Crippen MR) is 109 cm³/mol. The number of carbonyl (C=O) groups excluding carboxylic acids is 1. The molecule has 1 fully saturated rings. The molecule has 0 aliphatic carbocycles. The first-order valence-electron chi connectivity index (χ1n) is 9.45. The van der Waals surface area contributed by atoms with Crippen LogP contribution in [-0.4, -0.2) is 37.8 Å². The first-order valence-corrected chi connectivity index (χ1v) is 10.9. The highest BCUT2D eigenvalue weighted by Gasteiger charge is 2.30. The third-order valence-electron chi connectivity index (χ3n) is 4.86. The van der Waals surface area contributed by atoms with Gasteiger partial charge in [-0.3, -0.25) is 4.79 Å². The van der Waals surface area contributed by atoms with E-state index in [9.17, 15) is 13.2 Å². The molecule has 0 spiro atoms. The zero-order valence-electron chi connectivity index (χ0n) is 16.2. The summed E-state index contributed by atoms with van der Waals surface area (Å²) in [7, 11) is -3.57. The molecule has 0 radical (unpaired) electrons. The SMILES string of the molecule is CC1CCCCN1S(=O)(=O)c1ccc(C(=O)Nc2cccc(OCC#N)c2)cc1. The lowest BCUT2D eigenvalue weighted by Crippen LogP contribution is -2.41. The third kappa shape index (κ3) is 4.94. The largest absolute Gasteiger partial charge is 0.479 e. The molecule has 1 aliphatic rings. The first kappa shape index (κ1) is 20.8. The Morgan fingerprint density at radius 2 is 2.00 bits per heavy atom. The molecule has 0 aromatic heterocycles. The highest BCUT2D eigenvalue weighted by Crippen LogP contribution is 2.25. The van der Waals surface area contributed by atoms with E-state index in [1.165, 1.54) is 28.6 Å². The monoisotopic (exact) mass is 413 g/mol. The number of hydrogen-bond acceptors (Lipinski definition) is 5. The summed E-state index contributed by atoms with van der Waals surface area (Å²) in [5.41, 5.74) is 0.864. The van der Waals surface area contributed by atoms with Gasteiger partial charge in [0.1, 0.15) is 11.8 Å². The van der Waals surface area contributed by atoms with Gasteiger partial charge in [-0.15, -0.1) is 0 Å².